The second kappa shape index (κ2) is 9.76. The lowest BCUT2D eigenvalue weighted by atomic mass is 10.1. The molecule has 2 aromatic rings. The van der Waals surface area contributed by atoms with Crippen molar-refractivity contribution in [1.82, 2.24) is 4.90 Å². The molecule has 0 aliphatic carbocycles. The lowest BCUT2D eigenvalue weighted by Crippen LogP contribution is -2.35. The summed E-state index contributed by atoms with van der Waals surface area (Å²) in [5.74, 6) is -0.384. The Balaban J connectivity index is 1.95. The van der Waals surface area contributed by atoms with Crippen LogP contribution in [-0.2, 0) is 4.79 Å². The molecule has 2 rings (SSSR count). The summed E-state index contributed by atoms with van der Waals surface area (Å²) < 4.78 is 0. The molecule has 0 heterocycles. The number of nitrogens with zero attached hydrogens (tertiary/aromatic N) is 2. The molecule has 0 saturated heterocycles. The van der Waals surface area contributed by atoms with Crippen LogP contribution in [0.2, 0.25) is 0 Å². The zero-order valence-corrected chi connectivity index (χ0v) is 16.7. The highest BCUT2D eigenvalue weighted by atomic mass is 16.2. The molecule has 5 nitrogen and oxygen atoms in total. The monoisotopic (exact) mass is 367 g/mol. The Morgan fingerprint density at radius 1 is 0.963 bits per heavy atom. The van der Waals surface area contributed by atoms with E-state index in [9.17, 15) is 9.59 Å². The smallest absolute Gasteiger partial charge is 0.254 e. The van der Waals surface area contributed by atoms with E-state index in [1.807, 2.05) is 55.5 Å². The van der Waals surface area contributed by atoms with Gasteiger partial charge < -0.3 is 15.1 Å². The van der Waals surface area contributed by atoms with Gasteiger partial charge in [0, 0.05) is 37.1 Å². The molecule has 27 heavy (non-hydrogen) atoms. The third-order valence-electron chi connectivity index (χ3n) is 4.42. The Hall–Kier alpha value is -2.82. The van der Waals surface area contributed by atoms with Crippen LogP contribution in [0, 0.1) is 6.92 Å². The Bertz CT molecular complexity index is 754. The summed E-state index contributed by atoms with van der Waals surface area (Å²) in [6, 6.07) is 15.1. The van der Waals surface area contributed by atoms with Crippen molar-refractivity contribution in [2.24, 2.45) is 0 Å². The van der Waals surface area contributed by atoms with Crippen LogP contribution in [0.25, 0.3) is 0 Å². The molecule has 0 fully saturated rings. The third kappa shape index (κ3) is 5.84. The second-order valence-corrected chi connectivity index (χ2v) is 6.70. The highest BCUT2D eigenvalue weighted by Gasteiger charge is 2.15. The number of carbonyl (C=O) groups excluding carboxylic acids is 2. The van der Waals surface area contributed by atoms with Gasteiger partial charge in [-0.15, -0.1) is 0 Å². The molecule has 0 aromatic heterocycles. The molecule has 0 aliphatic rings. The fraction of sp³-hybridized carbons (Fsp3) is 0.364. The maximum Gasteiger partial charge on any atom is 0.254 e. The molecule has 5 heteroatoms. The van der Waals surface area contributed by atoms with E-state index < -0.39 is 0 Å². The SMILES string of the molecule is CCCN(CC)c1ccc(C(=O)N(C)CC(=O)Nc2ccc(C)cc2)cc1. The van der Waals surface area contributed by atoms with Crippen molar-refractivity contribution in [2.75, 3.05) is 36.9 Å². The van der Waals surface area contributed by atoms with Gasteiger partial charge in [-0.2, -0.15) is 0 Å². The number of rotatable bonds is 8. The second-order valence-electron chi connectivity index (χ2n) is 6.70. The van der Waals surface area contributed by atoms with Crippen LogP contribution < -0.4 is 10.2 Å². The van der Waals surface area contributed by atoms with Gasteiger partial charge in [0.15, 0.2) is 0 Å². The summed E-state index contributed by atoms with van der Waals surface area (Å²) in [4.78, 5) is 28.5. The van der Waals surface area contributed by atoms with Crippen LogP contribution in [0.1, 0.15) is 36.2 Å². The van der Waals surface area contributed by atoms with E-state index in [1.54, 1.807) is 7.05 Å². The summed E-state index contributed by atoms with van der Waals surface area (Å²) >= 11 is 0. The predicted molar refractivity (Wildman–Crippen MR) is 111 cm³/mol. The Labute approximate surface area is 162 Å². The minimum atomic E-state index is -0.216. The van der Waals surface area contributed by atoms with Crippen molar-refractivity contribution in [3.05, 3.63) is 59.7 Å². The van der Waals surface area contributed by atoms with E-state index in [-0.39, 0.29) is 18.4 Å². The molecule has 1 N–H and O–H groups in total. The maximum atomic E-state index is 12.6. The van der Waals surface area contributed by atoms with Crippen LogP contribution in [0.15, 0.2) is 48.5 Å². The number of anilines is 2. The van der Waals surface area contributed by atoms with Crippen LogP contribution in [0.4, 0.5) is 11.4 Å². The van der Waals surface area contributed by atoms with Crippen molar-refractivity contribution in [1.29, 1.82) is 0 Å². The van der Waals surface area contributed by atoms with Crippen LogP contribution in [-0.4, -0.2) is 43.4 Å². The van der Waals surface area contributed by atoms with E-state index in [1.165, 1.54) is 4.90 Å². The van der Waals surface area contributed by atoms with E-state index in [0.29, 0.717) is 5.56 Å². The number of carbonyl (C=O) groups is 2. The number of amides is 2. The first kappa shape index (κ1) is 20.5. The zero-order valence-electron chi connectivity index (χ0n) is 16.7. The van der Waals surface area contributed by atoms with Crippen molar-refractivity contribution in [3.8, 4) is 0 Å². The minimum Gasteiger partial charge on any atom is -0.372 e. The molecular weight excluding hydrogens is 338 g/mol. The highest BCUT2D eigenvalue weighted by molar-refractivity contribution is 5.99. The molecule has 0 unspecified atom stereocenters. The molecule has 0 bridgehead atoms. The lowest BCUT2D eigenvalue weighted by Gasteiger charge is -2.23. The summed E-state index contributed by atoms with van der Waals surface area (Å²) in [5, 5.41) is 2.81. The molecular formula is C22H29N3O2. The first-order valence-corrected chi connectivity index (χ1v) is 9.41. The third-order valence-corrected chi connectivity index (χ3v) is 4.42. The molecule has 0 aliphatic heterocycles. The first-order valence-electron chi connectivity index (χ1n) is 9.41. The summed E-state index contributed by atoms with van der Waals surface area (Å²) in [7, 11) is 1.64. The van der Waals surface area contributed by atoms with E-state index >= 15 is 0 Å². The molecule has 144 valence electrons. The van der Waals surface area contributed by atoms with Gasteiger partial charge >= 0.3 is 0 Å². The van der Waals surface area contributed by atoms with Crippen molar-refractivity contribution >= 4 is 23.2 Å². The van der Waals surface area contributed by atoms with Gasteiger partial charge in [-0.3, -0.25) is 9.59 Å². The number of benzene rings is 2. The molecule has 2 amide bonds. The van der Waals surface area contributed by atoms with Gasteiger partial charge in [0.05, 0.1) is 6.54 Å². The van der Waals surface area contributed by atoms with E-state index in [0.717, 1.165) is 36.4 Å². The Kier molecular flexibility index (Phi) is 7.41. The van der Waals surface area contributed by atoms with Gasteiger partial charge in [-0.05, 0) is 56.7 Å². The lowest BCUT2D eigenvalue weighted by molar-refractivity contribution is -0.116. The number of hydrogen-bond acceptors (Lipinski definition) is 3. The van der Waals surface area contributed by atoms with Crippen LogP contribution in [0.3, 0.4) is 0 Å². The number of likely N-dealkylation sites (N-methyl/N-ethyl adjacent to an activating group) is 1. The van der Waals surface area contributed by atoms with Crippen LogP contribution >= 0.6 is 0 Å². The topological polar surface area (TPSA) is 52.7 Å². The molecule has 0 radical (unpaired) electrons. The Morgan fingerprint density at radius 2 is 1.59 bits per heavy atom. The molecule has 0 atom stereocenters. The number of nitrogens with one attached hydrogen (secondary N) is 1. The van der Waals surface area contributed by atoms with Gasteiger partial charge in [0.2, 0.25) is 5.91 Å². The summed E-state index contributed by atoms with van der Waals surface area (Å²) in [5.41, 5.74) is 3.54. The average molecular weight is 367 g/mol. The van der Waals surface area contributed by atoms with Crippen molar-refractivity contribution in [2.45, 2.75) is 27.2 Å². The van der Waals surface area contributed by atoms with Gasteiger partial charge in [-0.1, -0.05) is 24.6 Å². The van der Waals surface area contributed by atoms with Crippen LogP contribution in [0.5, 0.6) is 0 Å². The first-order chi connectivity index (χ1) is 12.9. The van der Waals surface area contributed by atoms with E-state index in [4.69, 9.17) is 0 Å². The fourth-order valence-corrected chi connectivity index (χ4v) is 2.90. The standard InChI is InChI=1S/C22H29N3O2/c1-5-15-25(6-2)20-13-9-18(10-14-20)22(27)24(4)16-21(26)23-19-11-7-17(3)8-12-19/h7-14H,5-6,15-16H2,1-4H3,(H,23,26). The van der Waals surface area contributed by atoms with Gasteiger partial charge in [0.1, 0.15) is 0 Å². The van der Waals surface area contributed by atoms with Gasteiger partial charge in [-0.25, -0.2) is 0 Å². The largest absolute Gasteiger partial charge is 0.372 e. The number of aryl methyl sites for hydroxylation is 1. The normalized spacial score (nSPS) is 10.4. The quantitative estimate of drug-likeness (QED) is 0.769. The van der Waals surface area contributed by atoms with Gasteiger partial charge in [0.25, 0.3) is 5.91 Å². The maximum absolute atomic E-state index is 12.6. The Morgan fingerprint density at radius 3 is 2.15 bits per heavy atom. The molecule has 2 aromatic carbocycles. The van der Waals surface area contributed by atoms with E-state index in [2.05, 4.69) is 24.1 Å². The summed E-state index contributed by atoms with van der Waals surface area (Å²) in [6.07, 6.45) is 1.08. The number of hydrogen-bond donors (Lipinski definition) is 1. The minimum absolute atomic E-state index is 0.00534. The predicted octanol–water partition coefficient (Wildman–Crippen LogP) is 3.94. The zero-order chi connectivity index (χ0) is 19.8. The molecule has 0 saturated carbocycles. The molecule has 0 spiro atoms. The fourth-order valence-electron chi connectivity index (χ4n) is 2.90. The summed E-state index contributed by atoms with van der Waals surface area (Å²) in [6.45, 7) is 8.19. The van der Waals surface area contributed by atoms with Crippen molar-refractivity contribution in [3.63, 3.8) is 0 Å². The average Bonchev–Trinajstić information content (AvgIpc) is 2.67. The highest BCUT2D eigenvalue weighted by Crippen LogP contribution is 2.16. The van der Waals surface area contributed by atoms with Crippen molar-refractivity contribution < 1.29 is 9.59 Å².